The van der Waals surface area contributed by atoms with Crippen LogP contribution in [0.5, 0.6) is 5.75 Å². The van der Waals surface area contributed by atoms with Crippen molar-refractivity contribution < 1.29 is 14.3 Å². The van der Waals surface area contributed by atoms with E-state index in [2.05, 4.69) is 29.0 Å². The van der Waals surface area contributed by atoms with E-state index in [-0.39, 0.29) is 5.82 Å². The maximum absolute atomic E-state index is 14.0. The molecule has 5 nitrogen and oxygen atoms in total. The summed E-state index contributed by atoms with van der Waals surface area (Å²) in [6, 6.07) is 6.46. The van der Waals surface area contributed by atoms with Gasteiger partial charge < -0.3 is 20.2 Å². The lowest BCUT2D eigenvalue weighted by Gasteiger charge is -2.29. The van der Waals surface area contributed by atoms with Crippen molar-refractivity contribution in [2.45, 2.75) is 13.0 Å². The van der Waals surface area contributed by atoms with Gasteiger partial charge in [-0.15, -0.1) is 0 Å². The van der Waals surface area contributed by atoms with Gasteiger partial charge in [-0.2, -0.15) is 0 Å². The molecule has 0 fully saturated rings. The fourth-order valence-electron chi connectivity index (χ4n) is 3.84. The fraction of sp³-hybridized carbons (Fsp3) is 0.250. The zero-order valence-electron chi connectivity index (χ0n) is 14.8. The quantitative estimate of drug-likeness (QED) is 0.640. The van der Waals surface area contributed by atoms with Gasteiger partial charge in [0.2, 0.25) is 0 Å². The van der Waals surface area contributed by atoms with E-state index >= 15 is 0 Å². The van der Waals surface area contributed by atoms with Crippen LogP contribution in [-0.2, 0) is 13.0 Å². The minimum absolute atomic E-state index is 0.318. The van der Waals surface area contributed by atoms with Gasteiger partial charge >= 0.3 is 0 Å². The van der Waals surface area contributed by atoms with Crippen LogP contribution in [0.25, 0.3) is 11.1 Å². The second-order valence-electron chi connectivity index (χ2n) is 6.69. The predicted molar refractivity (Wildman–Crippen MR) is 99.5 cm³/mol. The Kier molecular flexibility index (Phi) is 3.92. The van der Waals surface area contributed by atoms with E-state index in [4.69, 9.17) is 4.74 Å². The SMILES string of the molecule is C=C1Nc2c(cc(-c3cc(F)ccc3OC)c3c2CN(C)CC3)/C1=N\O. The van der Waals surface area contributed by atoms with Crippen LogP contribution in [0.3, 0.4) is 0 Å². The van der Waals surface area contributed by atoms with Gasteiger partial charge in [-0.25, -0.2) is 4.39 Å². The zero-order valence-corrected chi connectivity index (χ0v) is 14.8. The number of methoxy groups -OCH3 is 1. The number of nitrogens with one attached hydrogen (secondary N) is 1. The van der Waals surface area contributed by atoms with E-state index in [1.807, 2.05) is 6.07 Å². The molecule has 0 amide bonds. The lowest BCUT2D eigenvalue weighted by molar-refractivity contribution is 0.314. The number of rotatable bonds is 2. The lowest BCUT2D eigenvalue weighted by atomic mass is 9.87. The maximum Gasteiger partial charge on any atom is 0.134 e. The Balaban J connectivity index is 2.03. The van der Waals surface area contributed by atoms with Gasteiger partial charge in [-0.05, 0) is 54.4 Å². The predicted octanol–water partition coefficient (Wildman–Crippen LogP) is 3.61. The summed E-state index contributed by atoms with van der Waals surface area (Å²) in [5.74, 6) is 0.293. The first-order valence-corrected chi connectivity index (χ1v) is 8.43. The second kappa shape index (κ2) is 6.14. The molecular weight excluding hydrogens is 333 g/mol. The molecule has 0 spiro atoms. The molecule has 0 atom stereocenters. The molecule has 2 aliphatic heterocycles. The Morgan fingerprint density at radius 1 is 1.23 bits per heavy atom. The number of hydrogen-bond donors (Lipinski definition) is 2. The number of ether oxygens (including phenoxy) is 1. The monoisotopic (exact) mass is 353 g/mol. The summed E-state index contributed by atoms with van der Waals surface area (Å²) >= 11 is 0. The third-order valence-electron chi connectivity index (χ3n) is 5.09. The topological polar surface area (TPSA) is 57.1 Å². The average molecular weight is 353 g/mol. The van der Waals surface area contributed by atoms with Crippen LogP contribution in [-0.4, -0.2) is 36.5 Å². The van der Waals surface area contributed by atoms with E-state index < -0.39 is 0 Å². The van der Waals surface area contributed by atoms with Crippen LogP contribution in [0.1, 0.15) is 16.7 Å². The molecule has 2 aromatic rings. The number of benzene rings is 2. The highest BCUT2D eigenvalue weighted by Gasteiger charge is 2.31. The van der Waals surface area contributed by atoms with Gasteiger partial charge in [-0.1, -0.05) is 11.7 Å². The van der Waals surface area contributed by atoms with Crippen LogP contribution >= 0.6 is 0 Å². The van der Waals surface area contributed by atoms with Gasteiger partial charge in [0.1, 0.15) is 17.3 Å². The van der Waals surface area contributed by atoms with E-state index in [1.54, 1.807) is 13.2 Å². The van der Waals surface area contributed by atoms with Crippen LogP contribution in [0.15, 0.2) is 41.7 Å². The van der Waals surface area contributed by atoms with Crippen LogP contribution in [0, 0.1) is 5.82 Å². The molecule has 0 bridgehead atoms. The third kappa shape index (κ3) is 2.45. The van der Waals surface area contributed by atoms with Gasteiger partial charge in [0, 0.05) is 24.2 Å². The van der Waals surface area contributed by atoms with Crippen molar-refractivity contribution >= 4 is 11.4 Å². The van der Waals surface area contributed by atoms with Crippen molar-refractivity contribution in [2.75, 3.05) is 26.0 Å². The molecule has 0 aromatic heterocycles. The summed E-state index contributed by atoms with van der Waals surface area (Å²) in [5, 5.41) is 16.1. The molecule has 0 saturated carbocycles. The highest BCUT2D eigenvalue weighted by atomic mass is 19.1. The first-order chi connectivity index (χ1) is 12.5. The minimum Gasteiger partial charge on any atom is -0.496 e. The van der Waals surface area contributed by atoms with Crippen molar-refractivity contribution in [1.29, 1.82) is 0 Å². The fourth-order valence-corrected chi connectivity index (χ4v) is 3.84. The van der Waals surface area contributed by atoms with Crippen LogP contribution in [0.2, 0.25) is 0 Å². The normalized spacial score (nSPS) is 17.8. The molecule has 4 rings (SSSR count). The summed E-state index contributed by atoms with van der Waals surface area (Å²) < 4.78 is 19.5. The number of anilines is 1. The number of likely N-dealkylation sites (N-methyl/N-ethyl adjacent to an activating group) is 1. The second-order valence-corrected chi connectivity index (χ2v) is 6.69. The summed E-state index contributed by atoms with van der Waals surface area (Å²) in [6.07, 6.45) is 0.841. The molecule has 2 N–H and O–H groups in total. The lowest BCUT2D eigenvalue weighted by Crippen LogP contribution is -2.27. The number of hydrogen-bond acceptors (Lipinski definition) is 5. The number of allylic oxidation sites excluding steroid dienone is 1. The number of oxime groups is 1. The Hall–Kier alpha value is -2.86. The van der Waals surface area contributed by atoms with Gasteiger partial charge in [0.25, 0.3) is 0 Å². The van der Waals surface area contributed by atoms with Crippen molar-refractivity contribution in [3.8, 4) is 16.9 Å². The number of fused-ring (bicyclic) bond motifs is 3. The first-order valence-electron chi connectivity index (χ1n) is 8.43. The molecule has 0 saturated heterocycles. The molecule has 0 aliphatic carbocycles. The summed E-state index contributed by atoms with van der Waals surface area (Å²) in [6.45, 7) is 5.61. The number of nitrogens with zero attached hydrogens (tertiary/aromatic N) is 2. The van der Waals surface area contributed by atoms with Crippen LogP contribution in [0.4, 0.5) is 10.1 Å². The smallest absolute Gasteiger partial charge is 0.134 e. The van der Waals surface area contributed by atoms with Crippen molar-refractivity contribution in [3.05, 3.63) is 59.0 Å². The van der Waals surface area contributed by atoms with Crippen molar-refractivity contribution in [2.24, 2.45) is 5.16 Å². The Bertz CT molecular complexity index is 953. The van der Waals surface area contributed by atoms with Crippen molar-refractivity contribution in [1.82, 2.24) is 4.90 Å². The molecule has 2 aliphatic rings. The summed E-state index contributed by atoms with van der Waals surface area (Å²) in [4.78, 5) is 2.23. The standard InChI is InChI=1S/C20H20FN3O2/c1-11-19(23-25)16-9-14(15-8-12(21)4-5-18(15)26-3)13-6-7-24(2)10-17(13)20(16)22-11/h4-5,8-9,22,25H,1,6-7,10H2,2-3H3/b23-19-. The van der Waals surface area contributed by atoms with Crippen LogP contribution < -0.4 is 10.1 Å². The minimum atomic E-state index is -0.318. The number of halogens is 1. The molecule has 2 aromatic carbocycles. The average Bonchev–Trinajstić information content (AvgIpc) is 2.96. The summed E-state index contributed by atoms with van der Waals surface area (Å²) in [5.41, 5.74) is 6.54. The highest BCUT2D eigenvalue weighted by Crippen LogP contribution is 2.43. The highest BCUT2D eigenvalue weighted by molar-refractivity contribution is 6.22. The molecule has 2 heterocycles. The van der Waals surface area contributed by atoms with E-state index in [9.17, 15) is 9.60 Å². The Labute approximate surface area is 151 Å². The first kappa shape index (κ1) is 16.6. The largest absolute Gasteiger partial charge is 0.496 e. The Morgan fingerprint density at radius 2 is 2.04 bits per heavy atom. The van der Waals surface area contributed by atoms with Gasteiger partial charge in [0.05, 0.1) is 18.5 Å². The van der Waals surface area contributed by atoms with Gasteiger partial charge in [-0.3, -0.25) is 0 Å². The Morgan fingerprint density at radius 3 is 2.77 bits per heavy atom. The molecule has 6 heteroatoms. The molecule has 0 radical (unpaired) electrons. The van der Waals surface area contributed by atoms with E-state index in [0.29, 0.717) is 22.7 Å². The molecular formula is C20H20FN3O2. The van der Waals surface area contributed by atoms with E-state index in [1.165, 1.54) is 12.1 Å². The molecule has 26 heavy (non-hydrogen) atoms. The van der Waals surface area contributed by atoms with Crippen molar-refractivity contribution in [3.63, 3.8) is 0 Å². The van der Waals surface area contributed by atoms with Gasteiger partial charge in [0.15, 0.2) is 0 Å². The maximum atomic E-state index is 14.0. The zero-order chi connectivity index (χ0) is 18.4. The van der Waals surface area contributed by atoms with E-state index in [0.717, 1.165) is 47.5 Å². The summed E-state index contributed by atoms with van der Waals surface area (Å²) in [7, 11) is 3.64. The third-order valence-corrected chi connectivity index (χ3v) is 5.09. The molecule has 0 unspecified atom stereocenters. The molecule has 134 valence electrons.